The number of pyridine rings is 1. The van der Waals surface area contributed by atoms with Crippen LogP contribution in [0.5, 0.6) is 0 Å². The lowest BCUT2D eigenvalue weighted by atomic mass is 10.1. The zero-order valence-corrected chi connectivity index (χ0v) is 10.5. The molecule has 1 fully saturated rings. The molecule has 0 bridgehead atoms. The molecule has 1 aromatic heterocycles. The first-order valence-corrected chi connectivity index (χ1v) is 6.20. The van der Waals surface area contributed by atoms with Gasteiger partial charge in [0.2, 0.25) is 5.91 Å². The summed E-state index contributed by atoms with van der Waals surface area (Å²) in [4.78, 5) is 26.0. The lowest BCUT2D eigenvalue weighted by Crippen LogP contribution is -2.22. The number of anilines is 1. The Labute approximate surface area is 114 Å². The fourth-order valence-electron chi connectivity index (χ4n) is 2.36. The molecule has 20 heavy (non-hydrogen) atoms. The number of rotatable bonds is 3. The average molecular weight is 272 g/mol. The highest BCUT2D eigenvalue weighted by Crippen LogP contribution is 2.30. The monoisotopic (exact) mass is 272 g/mol. The summed E-state index contributed by atoms with van der Waals surface area (Å²) >= 11 is 0. The lowest BCUT2D eigenvalue weighted by molar-refractivity contribution is -0.383. The van der Waals surface area contributed by atoms with Gasteiger partial charge in [-0.05, 0) is 18.2 Å². The molecule has 0 radical (unpaired) electrons. The molecule has 0 saturated carbocycles. The number of benzene rings is 1. The van der Waals surface area contributed by atoms with E-state index in [-0.39, 0.29) is 17.6 Å². The number of carbonyl (C=O) groups is 1. The summed E-state index contributed by atoms with van der Waals surface area (Å²) in [5.74, 6) is 0.00155. The van der Waals surface area contributed by atoms with Gasteiger partial charge in [-0.25, -0.2) is 0 Å². The van der Waals surface area contributed by atoms with E-state index >= 15 is 0 Å². The van der Waals surface area contributed by atoms with Crippen LogP contribution >= 0.6 is 0 Å². The molecular weight excluding hydrogens is 260 g/mol. The van der Waals surface area contributed by atoms with E-state index in [0.717, 1.165) is 0 Å². The maximum Gasteiger partial charge on any atom is 0.278 e. The molecule has 1 aliphatic rings. The summed E-state index contributed by atoms with van der Waals surface area (Å²) in [5.41, 5.74) is 1.27. The predicted octanol–water partition coefficient (Wildman–Crippen LogP) is 1.44. The summed E-state index contributed by atoms with van der Waals surface area (Å²) in [6.07, 6.45) is 1.99. The summed E-state index contributed by atoms with van der Waals surface area (Å²) in [5, 5.41) is 17.5. The van der Waals surface area contributed by atoms with Gasteiger partial charge in [-0.2, -0.15) is 0 Å². The van der Waals surface area contributed by atoms with Crippen molar-refractivity contribution < 1.29 is 9.72 Å². The number of nitrogens with zero attached hydrogens (tertiary/aromatic N) is 2. The van der Waals surface area contributed by atoms with E-state index in [1.807, 2.05) is 0 Å². The molecule has 2 heterocycles. The molecule has 1 amide bonds. The Kier molecular flexibility index (Phi) is 2.94. The fourth-order valence-corrected chi connectivity index (χ4v) is 2.36. The molecule has 7 nitrogen and oxygen atoms in total. The number of non-ortho nitro benzene ring substituents is 1. The Balaban J connectivity index is 2.02. The van der Waals surface area contributed by atoms with Crippen molar-refractivity contribution in [2.75, 3.05) is 11.9 Å². The molecule has 0 spiro atoms. The molecule has 1 saturated heterocycles. The summed E-state index contributed by atoms with van der Waals surface area (Å²) in [6.45, 7) is 0.546. The van der Waals surface area contributed by atoms with Crippen molar-refractivity contribution >= 4 is 28.2 Å². The molecule has 102 valence electrons. The van der Waals surface area contributed by atoms with E-state index in [0.29, 0.717) is 29.6 Å². The average Bonchev–Trinajstić information content (AvgIpc) is 2.84. The number of nitrogens with one attached hydrogen (secondary N) is 2. The predicted molar refractivity (Wildman–Crippen MR) is 73.4 cm³/mol. The van der Waals surface area contributed by atoms with Crippen LogP contribution in [0.25, 0.3) is 10.9 Å². The Morgan fingerprint density at radius 2 is 2.25 bits per heavy atom. The number of fused-ring (bicyclic) bond motifs is 1. The van der Waals surface area contributed by atoms with Crippen molar-refractivity contribution in [1.29, 1.82) is 0 Å². The third-order valence-electron chi connectivity index (χ3n) is 3.28. The number of carbonyl (C=O) groups excluding carboxylic acids is 1. The van der Waals surface area contributed by atoms with Gasteiger partial charge in [0.05, 0.1) is 22.0 Å². The molecule has 2 aromatic rings. The van der Waals surface area contributed by atoms with E-state index in [1.165, 1.54) is 6.07 Å². The van der Waals surface area contributed by atoms with Crippen LogP contribution in [-0.2, 0) is 4.79 Å². The Morgan fingerprint density at radius 3 is 2.95 bits per heavy atom. The van der Waals surface area contributed by atoms with Crippen LogP contribution in [0.3, 0.4) is 0 Å². The highest BCUT2D eigenvalue weighted by atomic mass is 16.6. The van der Waals surface area contributed by atoms with E-state index in [4.69, 9.17) is 0 Å². The molecule has 2 N–H and O–H groups in total. The van der Waals surface area contributed by atoms with Gasteiger partial charge in [-0.1, -0.05) is 0 Å². The van der Waals surface area contributed by atoms with E-state index < -0.39 is 4.92 Å². The van der Waals surface area contributed by atoms with Crippen molar-refractivity contribution in [3.05, 3.63) is 40.6 Å². The van der Waals surface area contributed by atoms with Gasteiger partial charge in [-0.15, -0.1) is 0 Å². The van der Waals surface area contributed by atoms with Gasteiger partial charge in [0.1, 0.15) is 5.52 Å². The first-order valence-electron chi connectivity index (χ1n) is 6.20. The number of aromatic nitrogens is 1. The van der Waals surface area contributed by atoms with Crippen LogP contribution in [0.4, 0.5) is 11.4 Å². The van der Waals surface area contributed by atoms with Crippen LogP contribution in [0.2, 0.25) is 0 Å². The van der Waals surface area contributed by atoms with Crippen LogP contribution in [0.15, 0.2) is 30.5 Å². The highest BCUT2D eigenvalue weighted by Gasteiger charge is 2.23. The fraction of sp³-hybridized carbons (Fsp3) is 0.231. The largest absolute Gasteiger partial charge is 0.378 e. The van der Waals surface area contributed by atoms with Crippen LogP contribution < -0.4 is 10.6 Å². The molecule has 1 atom stereocenters. The van der Waals surface area contributed by atoms with Crippen molar-refractivity contribution in [2.24, 2.45) is 0 Å². The number of amides is 1. The normalized spacial score (nSPS) is 18.0. The molecule has 3 rings (SSSR count). The first kappa shape index (κ1) is 12.3. The number of hydrogen-bond acceptors (Lipinski definition) is 5. The minimum Gasteiger partial charge on any atom is -0.378 e. The minimum atomic E-state index is -0.422. The number of hydrogen-bond donors (Lipinski definition) is 2. The smallest absolute Gasteiger partial charge is 0.278 e. The minimum absolute atomic E-state index is 0.00155. The third kappa shape index (κ3) is 2.13. The maximum absolute atomic E-state index is 11.2. The molecule has 1 unspecified atom stereocenters. The highest BCUT2D eigenvalue weighted by molar-refractivity contribution is 5.97. The van der Waals surface area contributed by atoms with Crippen LogP contribution in [0, 0.1) is 10.1 Å². The third-order valence-corrected chi connectivity index (χ3v) is 3.28. The molecule has 1 aromatic carbocycles. The van der Waals surface area contributed by atoms with Gasteiger partial charge in [-0.3, -0.25) is 19.9 Å². The number of nitro benzene ring substituents is 1. The summed E-state index contributed by atoms with van der Waals surface area (Å²) in [6, 6.07) is 6.41. The topological polar surface area (TPSA) is 97.2 Å². The van der Waals surface area contributed by atoms with Gasteiger partial charge in [0.25, 0.3) is 5.69 Å². The van der Waals surface area contributed by atoms with Crippen LogP contribution in [-0.4, -0.2) is 28.4 Å². The van der Waals surface area contributed by atoms with Crippen LogP contribution in [0.1, 0.15) is 6.42 Å². The maximum atomic E-state index is 11.2. The Hall–Kier alpha value is -2.70. The first-order chi connectivity index (χ1) is 9.65. The lowest BCUT2D eigenvalue weighted by Gasteiger charge is -2.13. The number of nitro groups is 1. The Bertz CT molecular complexity index is 701. The van der Waals surface area contributed by atoms with Crippen molar-refractivity contribution in [3.8, 4) is 0 Å². The van der Waals surface area contributed by atoms with Crippen molar-refractivity contribution in [2.45, 2.75) is 12.5 Å². The SMILES string of the molecule is O=C1CC(Nc2ccc([N+](=O)[O-])c3cccnc23)CN1. The van der Waals surface area contributed by atoms with E-state index in [9.17, 15) is 14.9 Å². The zero-order valence-electron chi connectivity index (χ0n) is 10.5. The van der Waals surface area contributed by atoms with Crippen molar-refractivity contribution in [1.82, 2.24) is 10.3 Å². The molecular formula is C13H12N4O3. The second-order valence-corrected chi connectivity index (χ2v) is 4.64. The van der Waals surface area contributed by atoms with Gasteiger partial charge in [0, 0.05) is 25.2 Å². The van der Waals surface area contributed by atoms with Gasteiger partial charge < -0.3 is 10.6 Å². The molecule has 7 heteroatoms. The van der Waals surface area contributed by atoms with Gasteiger partial charge >= 0.3 is 0 Å². The van der Waals surface area contributed by atoms with E-state index in [2.05, 4.69) is 15.6 Å². The standard InChI is InChI=1S/C13H12N4O3/c18-12-6-8(7-15-12)16-10-3-4-11(17(19)20)9-2-1-5-14-13(9)10/h1-5,8,16H,6-7H2,(H,15,18). The summed E-state index contributed by atoms with van der Waals surface area (Å²) in [7, 11) is 0. The zero-order chi connectivity index (χ0) is 14.1. The van der Waals surface area contributed by atoms with Gasteiger partial charge in [0.15, 0.2) is 0 Å². The second kappa shape index (κ2) is 4.76. The Morgan fingerprint density at radius 1 is 1.40 bits per heavy atom. The van der Waals surface area contributed by atoms with E-state index in [1.54, 1.807) is 24.4 Å². The van der Waals surface area contributed by atoms with Crippen molar-refractivity contribution in [3.63, 3.8) is 0 Å². The molecule has 1 aliphatic heterocycles. The second-order valence-electron chi connectivity index (χ2n) is 4.64. The molecule has 0 aliphatic carbocycles. The summed E-state index contributed by atoms with van der Waals surface area (Å²) < 4.78 is 0. The quantitative estimate of drug-likeness (QED) is 0.651.